The van der Waals surface area contributed by atoms with Gasteiger partial charge in [0.15, 0.2) is 0 Å². The van der Waals surface area contributed by atoms with Crippen LogP contribution in [0.3, 0.4) is 0 Å². The van der Waals surface area contributed by atoms with Gasteiger partial charge in [0, 0.05) is 11.3 Å². The zero-order valence-corrected chi connectivity index (χ0v) is 13.6. The zero-order valence-electron chi connectivity index (χ0n) is 12.8. The van der Waals surface area contributed by atoms with Crippen LogP contribution in [0.4, 0.5) is 0 Å². The molecular weight excluding hydrogens is 288 g/mol. The van der Waals surface area contributed by atoms with E-state index in [1.165, 1.54) is 4.88 Å². The number of hydrogen-bond acceptors (Lipinski definition) is 6. The average Bonchev–Trinajstić information content (AvgIpc) is 3.00. The lowest BCUT2D eigenvalue weighted by Crippen LogP contribution is -2.29. The van der Waals surface area contributed by atoms with Crippen molar-refractivity contribution in [2.75, 3.05) is 0 Å². The Bertz CT molecular complexity index is 600. The SMILES string of the molecule is CCC(NC(=O)CCn1nnnc1C)c1nc(C)c(C)s1. The van der Waals surface area contributed by atoms with Crippen molar-refractivity contribution in [1.82, 2.24) is 30.5 Å². The molecule has 7 nitrogen and oxygen atoms in total. The molecule has 0 saturated heterocycles. The van der Waals surface area contributed by atoms with E-state index in [-0.39, 0.29) is 11.9 Å². The molecule has 1 unspecified atom stereocenters. The standard InChI is InChI=1S/C13H20N6OS/c1-5-11(13-14-8(2)9(3)21-13)15-12(20)6-7-19-10(4)16-17-18-19/h11H,5-7H2,1-4H3,(H,15,20). The molecule has 0 aromatic carbocycles. The van der Waals surface area contributed by atoms with Crippen molar-refractivity contribution >= 4 is 17.2 Å². The number of aromatic nitrogens is 5. The van der Waals surface area contributed by atoms with Crippen molar-refractivity contribution in [2.45, 2.75) is 53.1 Å². The van der Waals surface area contributed by atoms with Crippen molar-refractivity contribution in [2.24, 2.45) is 0 Å². The Kier molecular flexibility index (Phi) is 5.00. The van der Waals surface area contributed by atoms with Crippen LogP contribution in [-0.4, -0.2) is 31.1 Å². The van der Waals surface area contributed by atoms with Crippen LogP contribution in [-0.2, 0) is 11.3 Å². The van der Waals surface area contributed by atoms with E-state index >= 15 is 0 Å². The molecule has 2 aromatic heterocycles. The number of nitrogens with one attached hydrogen (secondary N) is 1. The minimum absolute atomic E-state index is 0.0118. The summed E-state index contributed by atoms with van der Waals surface area (Å²) in [4.78, 5) is 17.8. The van der Waals surface area contributed by atoms with Crippen molar-refractivity contribution in [3.05, 3.63) is 21.4 Å². The highest BCUT2D eigenvalue weighted by molar-refractivity contribution is 7.11. The summed E-state index contributed by atoms with van der Waals surface area (Å²) in [5.41, 5.74) is 1.03. The lowest BCUT2D eigenvalue weighted by molar-refractivity contribution is -0.122. The molecule has 2 aromatic rings. The number of hydrogen-bond donors (Lipinski definition) is 1. The third kappa shape index (κ3) is 3.84. The van der Waals surface area contributed by atoms with Crippen molar-refractivity contribution in [3.8, 4) is 0 Å². The first kappa shape index (κ1) is 15.6. The highest BCUT2D eigenvalue weighted by Crippen LogP contribution is 2.24. The van der Waals surface area contributed by atoms with Gasteiger partial charge in [-0.2, -0.15) is 0 Å². The third-order valence-corrected chi connectivity index (χ3v) is 4.53. The van der Waals surface area contributed by atoms with Gasteiger partial charge in [0.1, 0.15) is 10.8 Å². The fourth-order valence-electron chi connectivity index (χ4n) is 1.91. The van der Waals surface area contributed by atoms with Crippen LogP contribution in [0.1, 0.15) is 47.2 Å². The predicted octanol–water partition coefficient (Wildman–Crippen LogP) is 1.71. The Hall–Kier alpha value is -1.83. The quantitative estimate of drug-likeness (QED) is 0.878. The maximum Gasteiger partial charge on any atom is 0.222 e. The van der Waals surface area contributed by atoms with Gasteiger partial charge in [-0.15, -0.1) is 16.4 Å². The number of nitrogens with zero attached hydrogens (tertiary/aromatic N) is 5. The first-order chi connectivity index (χ1) is 10.0. The largest absolute Gasteiger partial charge is 0.347 e. The molecule has 0 aliphatic rings. The number of rotatable bonds is 6. The van der Waals surface area contributed by atoms with Gasteiger partial charge in [0.25, 0.3) is 0 Å². The predicted molar refractivity (Wildman–Crippen MR) is 79.9 cm³/mol. The summed E-state index contributed by atoms with van der Waals surface area (Å²) in [7, 11) is 0. The van der Waals surface area contributed by atoms with Crippen molar-refractivity contribution in [1.29, 1.82) is 0 Å². The molecule has 8 heteroatoms. The number of carbonyl (C=O) groups excluding carboxylic acids is 1. The molecule has 0 aliphatic carbocycles. The third-order valence-electron chi connectivity index (χ3n) is 3.35. The van der Waals surface area contributed by atoms with Crippen LogP contribution in [0.5, 0.6) is 0 Å². The highest BCUT2D eigenvalue weighted by Gasteiger charge is 2.17. The molecular formula is C13H20N6OS. The normalized spacial score (nSPS) is 12.4. The molecule has 2 rings (SSSR count). The van der Waals surface area contributed by atoms with Gasteiger partial charge in [-0.05, 0) is 37.6 Å². The van der Waals surface area contributed by atoms with E-state index < -0.39 is 0 Å². The molecule has 0 radical (unpaired) electrons. The molecule has 1 amide bonds. The Morgan fingerprint density at radius 2 is 2.14 bits per heavy atom. The second-order valence-electron chi connectivity index (χ2n) is 4.92. The average molecular weight is 308 g/mol. The summed E-state index contributed by atoms with van der Waals surface area (Å²) in [6.07, 6.45) is 1.17. The molecule has 114 valence electrons. The highest BCUT2D eigenvalue weighted by atomic mass is 32.1. The fraction of sp³-hybridized carbons (Fsp3) is 0.615. The van der Waals surface area contributed by atoms with Crippen LogP contribution in [0.2, 0.25) is 0 Å². The summed E-state index contributed by atoms with van der Waals surface area (Å²) < 4.78 is 1.62. The Labute approximate surface area is 127 Å². The van der Waals surface area contributed by atoms with E-state index in [0.717, 1.165) is 17.1 Å². The molecule has 0 saturated carbocycles. The maximum atomic E-state index is 12.1. The number of amides is 1. The molecule has 1 atom stereocenters. The number of tetrazole rings is 1. The first-order valence-electron chi connectivity index (χ1n) is 6.97. The first-order valence-corrected chi connectivity index (χ1v) is 7.79. The Morgan fingerprint density at radius 1 is 1.38 bits per heavy atom. The summed E-state index contributed by atoms with van der Waals surface area (Å²) in [6.45, 7) is 8.38. The van der Waals surface area contributed by atoms with Crippen LogP contribution in [0.25, 0.3) is 0 Å². The van der Waals surface area contributed by atoms with E-state index in [2.05, 4.69) is 25.8 Å². The number of thiazole rings is 1. The van der Waals surface area contributed by atoms with E-state index in [1.807, 2.05) is 27.7 Å². The molecule has 1 N–H and O–H groups in total. The minimum Gasteiger partial charge on any atom is -0.347 e. The fourth-order valence-corrected chi connectivity index (χ4v) is 2.97. The number of aryl methyl sites for hydroxylation is 4. The second-order valence-corrected chi connectivity index (χ2v) is 6.16. The molecule has 21 heavy (non-hydrogen) atoms. The van der Waals surface area contributed by atoms with E-state index in [9.17, 15) is 4.79 Å². The molecule has 0 aliphatic heterocycles. The topological polar surface area (TPSA) is 85.6 Å². The smallest absolute Gasteiger partial charge is 0.222 e. The van der Waals surface area contributed by atoms with Gasteiger partial charge in [-0.1, -0.05) is 6.92 Å². The second kappa shape index (κ2) is 6.75. The van der Waals surface area contributed by atoms with E-state index in [4.69, 9.17) is 0 Å². The van der Waals surface area contributed by atoms with Gasteiger partial charge >= 0.3 is 0 Å². The molecule has 2 heterocycles. The maximum absolute atomic E-state index is 12.1. The van der Waals surface area contributed by atoms with Gasteiger partial charge in [-0.25, -0.2) is 9.67 Å². The Balaban J connectivity index is 1.92. The zero-order chi connectivity index (χ0) is 15.4. The van der Waals surface area contributed by atoms with E-state index in [0.29, 0.717) is 18.8 Å². The molecule has 0 fully saturated rings. The minimum atomic E-state index is -0.0233. The summed E-state index contributed by atoms with van der Waals surface area (Å²) in [5.74, 6) is 0.697. The van der Waals surface area contributed by atoms with Gasteiger partial charge in [0.2, 0.25) is 5.91 Å². The van der Waals surface area contributed by atoms with Crippen LogP contribution in [0, 0.1) is 20.8 Å². The van der Waals surface area contributed by atoms with Crippen LogP contribution in [0.15, 0.2) is 0 Å². The lowest BCUT2D eigenvalue weighted by atomic mass is 10.2. The van der Waals surface area contributed by atoms with Crippen LogP contribution < -0.4 is 5.32 Å². The van der Waals surface area contributed by atoms with Crippen molar-refractivity contribution in [3.63, 3.8) is 0 Å². The Morgan fingerprint density at radius 3 is 2.67 bits per heavy atom. The molecule has 0 spiro atoms. The summed E-state index contributed by atoms with van der Waals surface area (Å²) in [6, 6.07) is -0.0233. The lowest BCUT2D eigenvalue weighted by Gasteiger charge is -2.14. The monoisotopic (exact) mass is 308 g/mol. The van der Waals surface area contributed by atoms with Gasteiger partial charge < -0.3 is 5.32 Å². The number of carbonyl (C=O) groups is 1. The molecule has 0 bridgehead atoms. The van der Waals surface area contributed by atoms with Gasteiger partial charge in [0.05, 0.1) is 18.3 Å². The van der Waals surface area contributed by atoms with Crippen molar-refractivity contribution < 1.29 is 4.79 Å². The van der Waals surface area contributed by atoms with Crippen LogP contribution >= 0.6 is 11.3 Å². The van der Waals surface area contributed by atoms with Gasteiger partial charge in [-0.3, -0.25) is 4.79 Å². The van der Waals surface area contributed by atoms with E-state index in [1.54, 1.807) is 16.0 Å². The summed E-state index contributed by atoms with van der Waals surface area (Å²) in [5, 5.41) is 15.2. The summed E-state index contributed by atoms with van der Waals surface area (Å²) >= 11 is 1.64.